The molecule has 32 heavy (non-hydrogen) atoms. The van der Waals surface area contributed by atoms with Gasteiger partial charge in [0.2, 0.25) is 15.9 Å². The topological polar surface area (TPSA) is 83.6 Å². The van der Waals surface area contributed by atoms with E-state index in [9.17, 15) is 18.0 Å². The first-order valence-corrected chi connectivity index (χ1v) is 12.4. The third-order valence-corrected chi connectivity index (χ3v) is 7.35. The van der Waals surface area contributed by atoms with Gasteiger partial charge >= 0.3 is 0 Å². The van der Waals surface area contributed by atoms with Crippen LogP contribution in [-0.2, 0) is 14.8 Å². The number of carbonyl (C=O) groups is 2. The lowest BCUT2D eigenvalue weighted by atomic mass is 9.92. The Hall–Kier alpha value is -2.51. The Morgan fingerprint density at radius 3 is 1.94 bits per heavy atom. The largest absolute Gasteiger partial charge is 0.326 e. The number of carbonyl (C=O) groups excluding carboxylic acids is 2. The number of amides is 1. The lowest BCUT2D eigenvalue weighted by molar-refractivity contribution is -0.116. The van der Waals surface area contributed by atoms with Gasteiger partial charge in [0, 0.05) is 31.3 Å². The van der Waals surface area contributed by atoms with Crippen LogP contribution in [-0.4, -0.2) is 38.0 Å². The number of sulfonamides is 1. The van der Waals surface area contributed by atoms with E-state index in [4.69, 9.17) is 0 Å². The van der Waals surface area contributed by atoms with Crippen LogP contribution in [0.3, 0.4) is 0 Å². The van der Waals surface area contributed by atoms with Gasteiger partial charge in [-0.25, -0.2) is 12.7 Å². The average molecular weight is 459 g/mol. The maximum absolute atomic E-state index is 12.8. The quantitative estimate of drug-likeness (QED) is 0.498. The Morgan fingerprint density at radius 1 is 0.938 bits per heavy atom. The van der Waals surface area contributed by atoms with Crippen molar-refractivity contribution in [3.05, 3.63) is 59.2 Å². The first kappa shape index (κ1) is 25.7. The first-order valence-electron chi connectivity index (χ1n) is 10.9. The SMILES string of the molecule is CC(=O)c1ccc(S(=O)(=O)N(C)CCCC(=O)Nc2c(C(C)C)cccc2C(C)C)cc1. The molecule has 0 heterocycles. The molecule has 0 aromatic heterocycles. The summed E-state index contributed by atoms with van der Waals surface area (Å²) in [7, 11) is -2.19. The Balaban J connectivity index is 2.02. The molecule has 2 aromatic carbocycles. The van der Waals surface area contributed by atoms with E-state index in [2.05, 4.69) is 33.0 Å². The third kappa shape index (κ3) is 6.26. The molecule has 0 bridgehead atoms. The van der Waals surface area contributed by atoms with Crippen molar-refractivity contribution in [3.63, 3.8) is 0 Å². The van der Waals surface area contributed by atoms with Gasteiger partial charge in [0.25, 0.3) is 0 Å². The van der Waals surface area contributed by atoms with Crippen LogP contribution >= 0.6 is 0 Å². The summed E-state index contributed by atoms with van der Waals surface area (Å²) in [6, 6.07) is 12.0. The number of rotatable bonds is 10. The zero-order chi connectivity index (χ0) is 24.1. The highest BCUT2D eigenvalue weighted by atomic mass is 32.2. The van der Waals surface area contributed by atoms with Crippen molar-refractivity contribution in [3.8, 4) is 0 Å². The Labute approximate surface area is 192 Å². The van der Waals surface area contributed by atoms with Gasteiger partial charge in [-0.05, 0) is 48.4 Å². The summed E-state index contributed by atoms with van der Waals surface area (Å²) in [5, 5.41) is 3.06. The van der Waals surface area contributed by atoms with E-state index in [0.29, 0.717) is 12.0 Å². The van der Waals surface area contributed by atoms with Crippen molar-refractivity contribution in [2.45, 2.75) is 64.2 Å². The van der Waals surface area contributed by atoms with Gasteiger partial charge in [-0.1, -0.05) is 58.0 Å². The number of nitrogens with zero attached hydrogens (tertiary/aromatic N) is 1. The summed E-state index contributed by atoms with van der Waals surface area (Å²) in [6.07, 6.45) is 0.612. The van der Waals surface area contributed by atoms with Gasteiger partial charge in [-0.15, -0.1) is 0 Å². The molecule has 0 radical (unpaired) electrons. The molecule has 0 aliphatic rings. The average Bonchev–Trinajstić information content (AvgIpc) is 2.73. The van der Waals surface area contributed by atoms with Crippen molar-refractivity contribution in [2.75, 3.05) is 18.9 Å². The Morgan fingerprint density at radius 2 is 1.47 bits per heavy atom. The standard InChI is InChI=1S/C25H34N2O4S/c1-17(2)22-9-7-10-23(18(3)4)25(22)26-24(29)11-8-16-27(6)32(30,31)21-14-12-20(13-15-21)19(5)28/h7,9-10,12-15,17-18H,8,11,16H2,1-6H3,(H,26,29). The predicted octanol–water partition coefficient (Wildman–Crippen LogP) is 5.18. The summed E-state index contributed by atoms with van der Waals surface area (Å²) < 4.78 is 26.8. The van der Waals surface area contributed by atoms with Crippen LogP contribution in [0.4, 0.5) is 5.69 Å². The number of anilines is 1. The van der Waals surface area contributed by atoms with Crippen molar-refractivity contribution < 1.29 is 18.0 Å². The maximum Gasteiger partial charge on any atom is 0.242 e. The number of nitrogens with one attached hydrogen (secondary N) is 1. The molecule has 0 aliphatic heterocycles. The number of Topliss-reactive ketones (excluding diaryl/α,β-unsaturated/α-hetero) is 1. The van der Waals surface area contributed by atoms with Crippen LogP contribution in [0.25, 0.3) is 0 Å². The highest BCUT2D eigenvalue weighted by molar-refractivity contribution is 7.89. The van der Waals surface area contributed by atoms with Gasteiger partial charge in [0.1, 0.15) is 0 Å². The highest BCUT2D eigenvalue weighted by Gasteiger charge is 2.21. The summed E-state index contributed by atoms with van der Waals surface area (Å²) >= 11 is 0. The van der Waals surface area contributed by atoms with Gasteiger partial charge in [-0.3, -0.25) is 9.59 Å². The minimum atomic E-state index is -3.68. The van der Waals surface area contributed by atoms with Gasteiger partial charge in [-0.2, -0.15) is 0 Å². The molecule has 6 nitrogen and oxygen atoms in total. The number of hydrogen-bond donors (Lipinski definition) is 1. The fourth-order valence-electron chi connectivity index (χ4n) is 3.52. The molecule has 1 N–H and O–H groups in total. The van der Waals surface area contributed by atoms with E-state index in [1.54, 1.807) is 0 Å². The summed E-state index contributed by atoms with van der Waals surface area (Å²) in [5.74, 6) is 0.300. The lowest BCUT2D eigenvalue weighted by Crippen LogP contribution is -2.28. The second kappa shape index (κ2) is 10.9. The van der Waals surface area contributed by atoms with Gasteiger partial charge in [0.15, 0.2) is 5.78 Å². The zero-order valence-electron chi connectivity index (χ0n) is 19.8. The van der Waals surface area contributed by atoms with Crippen LogP contribution in [0.2, 0.25) is 0 Å². The minimum absolute atomic E-state index is 0.118. The number of para-hydroxylation sites is 1. The summed E-state index contributed by atoms with van der Waals surface area (Å²) in [5.41, 5.74) is 3.52. The smallest absolute Gasteiger partial charge is 0.242 e. The second-order valence-electron chi connectivity index (χ2n) is 8.68. The van der Waals surface area contributed by atoms with E-state index in [-0.39, 0.29) is 41.4 Å². The fourth-order valence-corrected chi connectivity index (χ4v) is 4.73. The van der Waals surface area contributed by atoms with Crippen LogP contribution in [0.15, 0.2) is 47.4 Å². The van der Waals surface area contributed by atoms with Crippen LogP contribution in [0.1, 0.15) is 80.8 Å². The van der Waals surface area contributed by atoms with Gasteiger partial charge < -0.3 is 5.32 Å². The van der Waals surface area contributed by atoms with Crippen LogP contribution in [0, 0.1) is 0 Å². The molecule has 0 saturated heterocycles. The van der Waals surface area contributed by atoms with Gasteiger partial charge in [0.05, 0.1) is 4.90 Å². The molecule has 2 rings (SSSR count). The second-order valence-corrected chi connectivity index (χ2v) is 10.7. The minimum Gasteiger partial charge on any atom is -0.326 e. The molecule has 7 heteroatoms. The normalized spacial score (nSPS) is 11.9. The number of benzene rings is 2. The Bertz CT molecular complexity index is 1030. The highest BCUT2D eigenvalue weighted by Crippen LogP contribution is 2.32. The van der Waals surface area contributed by atoms with Crippen LogP contribution in [0.5, 0.6) is 0 Å². The molecular weight excluding hydrogens is 424 g/mol. The lowest BCUT2D eigenvalue weighted by Gasteiger charge is -2.20. The zero-order valence-corrected chi connectivity index (χ0v) is 20.6. The van der Waals surface area contributed by atoms with Crippen LogP contribution < -0.4 is 5.32 Å². The number of ketones is 1. The molecule has 0 spiro atoms. The molecule has 0 saturated carbocycles. The summed E-state index contributed by atoms with van der Waals surface area (Å²) in [4.78, 5) is 24.2. The fraction of sp³-hybridized carbons (Fsp3) is 0.440. The molecule has 174 valence electrons. The monoisotopic (exact) mass is 458 g/mol. The predicted molar refractivity (Wildman–Crippen MR) is 129 cm³/mol. The molecule has 0 fully saturated rings. The molecular formula is C25H34N2O4S. The van der Waals surface area contributed by atoms with Crippen molar-refractivity contribution in [1.82, 2.24) is 4.31 Å². The van der Waals surface area contributed by atoms with E-state index >= 15 is 0 Å². The van der Waals surface area contributed by atoms with Crippen molar-refractivity contribution >= 4 is 27.4 Å². The maximum atomic E-state index is 12.8. The molecule has 0 unspecified atom stereocenters. The van der Waals surface area contributed by atoms with E-state index in [1.165, 1.54) is 42.5 Å². The molecule has 0 atom stereocenters. The van der Waals surface area contributed by atoms with E-state index in [1.807, 2.05) is 18.2 Å². The molecule has 1 amide bonds. The molecule has 2 aromatic rings. The van der Waals surface area contributed by atoms with E-state index in [0.717, 1.165) is 16.8 Å². The number of hydrogen-bond acceptors (Lipinski definition) is 4. The Kier molecular flexibility index (Phi) is 8.75. The van der Waals surface area contributed by atoms with Crippen molar-refractivity contribution in [1.29, 1.82) is 0 Å². The van der Waals surface area contributed by atoms with Crippen molar-refractivity contribution in [2.24, 2.45) is 0 Å². The first-order chi connectivity index (χ1) is 14.9. The third-order valence-electron chi connectivity index (χ3n) is 5.48. The van der Waals surface area contributed by atoms with E-state index < -0.39 is 10.0 Å². The summed E-state index contributed by atoms with van der Waals surface area (Å²) in [6.45, 7) is 10.0. The molecule has 0 aliphatic carbocycles.